The third kappa shape index (κ3) is 9.57. The SMILES string of the molecule is C=CC(=O)OI(C)COC(=O)/C=C/c1ccc(C(=O)O[C@H]2CO[C@H]3[C@@H]2OC[C@H]3OC(=O)c2ccc(/C=C/C(=O)OC)cc2)cc1. The van der Waals surface area contributed by atoms with Crippen LogP contribution in [0.25, 0.3) is 12.2 Å². The molecule has 0 spiro atoms. The van der Waals surface area contributed by atoms with Gasteiger partial charge in [0.25, 0.3) is 0 Å². The summed E-state index contributed by atoms with van der Waals surface area (Å²) in [6, 6.07) is 12.9. The van der Waals surface area contributed by atoms with Crippen LogP contribution in [0, 0.1) is 0 Å². The Morgan fingerprint density at radius 2 is 1.24 bits per heavy atom. The molecule has 238 valence electrons. The Labute approximate surface area is 266 Å². The second-order valence-corrected chi connectivity index (χ2v) is 13.7. The van der Waals surface area contributed by atoms with E-state index < -0.39 is 74.5 Å². The van der Waals surface area contributed by atoms with E-state index in [1.54, 1.807) is 59.5 Å². The summed E-state index contributed by atoms with van der Waals surface area (Å²) < 4.78 is 37.6. The minimum absolute atomic E-state index is 0.0454. The van der Waals surface area contributed by atoms with Gasteiger partial charge in [0.2, 0.25) is 0 Å². The maximum absolute atomic E-state index is 12.8. The average Bonchev–Trinajstić information content (AvgIpc) is 3.64. The van der Waals surface area contributed by atoms with Gasteiger partial charge in [-0.05, 0) is 23.8 Å². The fourth-order valence-electron chi connectivity index (χ4n) is 4.26. The van der Waals surface area contributed by atoms with E-state index in [4.69, 9.17) is 26.8 Å². The molecule has 0 unspecified atom stereocenters. The van der Waals surface area contributed by atoms with Gasteiger partial charge in [-0.15, -0.1) is 0 Å². The van der Waals surface area contributed by atoms with E-state index in [0.29, 0.717) is 16.7 Å². The molecular weight excluding hydrogens is 703 g/mol. The monoisotopic (exact) mass is 734 g/mol. The molecule has 4 atom stereocenters. The van der Waals surface area contributed by atoms with Crippen molar-refractivity contribution in [3.63, 3.8) is 0 Å². The molecule has 12 nitrogen and oxygen atoms in total. The number of carbonyl (C=O) groups excluding carboxylic acids is 5. The molecule has 2 aliphatic heterocycles. The number of hydrogen-bond acceptors (Lipinski definition) is 12. The topological polar surface area (TPSA) is 150 Å². The van der Waals surface area contributed by atoms with Gasteiger partial charge in [0.05, 0.1) is 25.9 Å². The van der Waals surface area contributed by atoms with Gasteiger partial charge in [-0.2, -0.15) is 0 Å². The summed E-state index contributed by atoms with van der Waals surface area (Å²) in [5.41, 5.74) is 1.95. The van der Waals surface area contributed by atoms with Crippen LogP contribution in [0.2, 0.25) is 0 Å². The summed E-state index contributed by atoms with van der Waals surface area (Å²) >= 11 is -2.18. The summed E-state index contributed by atoms with van der Waals surface area (Å²) in [6.45, 7) is 3.48. The number of carbonyl (C=O) groups is 5. The van der Waals surface area contributed by atoms with Crippen molar-refractivity contribution in [3.05, 3.63) is 95.6 Å². The molecular formula is C32H31IO12. The summed E-state index contributed by atoms with van der Waals surface area (Å²) in [6.07, 6.45) is 4.09. The van der Waals surface area contributed by atoms with Gasteiger partial charge in [0, 0.05) is 6.08 Å². The molecule has 2 aromatic carbocycles. The van der Waals surface area contributed by atoms with Gasteiger partial charge in [-0.3, -0.25) is 0 Å². The van der Waals surface area contributed by atoms with Crippen molar-refractivity contribution >= 4 is 62.2 Å². The zero-order valence-electron chi connectivity index (χ0n) is 24.4. The number of alkyl halides is 2. The van der Waals surface area contributed by atoms with Crippen molar-refractivity contribution in [3.8, 4) is 0 Å². The van der Waals surface area contributed by atoms with Gasteiger partial charge in [-0.25, -0.2) is 9.59 Å². The van der Waals surface area contributed by atoms with E-state index >= 15 is 0 Å². The molecule has 0 aliphatic carbocycles. The average molecular weight is 734 g/mol. The summed E-state index contributed by atoms with van der Waals surface area (Å²) in [7, 11) is 1.28. The first-order valence-electron chi connectivity index (χ1n) is 13.5. The third-order valence-electron chi connectivity index (χ3n) is 6.52. The van der Waals surface area contributed by atoms with E-state index in [2.05, 4.69) is 11.3 Å². The van der Waals surface area contributed by atoms with E-state index in [1.165, 1.54) is 25.3 Å². The molecule has 2 fully saturated rings. The maximum atomic E-state index is 12.8. The summed E-state index contributed by atoms with van der Waals surface area (Å²) in [5, 5.41) is 0. The zero-order valence-corrected chi connectivity index (χ0v) is 26.6. The molecule has 2 heterocycles. The number of hydrogen-bond donors (Lipinski definition) is 0. The number of esters is 4. The molecule has 0 saturated carbocycles. The normalized spacial score (nSPS) is 20.7. The molecule has 2 aliphatic rings. The van der Waals surface area contributed by atoms with Crippen LogP contribution in [0.4, 0.5) is 0 Å². The van der Waals surface area contributed by atoms with Crippen molar-refractivity contribution in [1.82, 2.24) is 0 Å². The number of fused-ring (bicyclic) bond motifs is 1. The third-order valence-corrected chi connectivity index (χ3v) is 8.90. The molecule has 2 aromatic rings. The number of benzene rings is 2. The molecule has 4 rings (SSSR count). The Morgan fingerprint density at radius 1 is 0.778 bits per heavy atom. The van der Waals surface area contributed by atoms with Crippen molar-refractivity contribution in [2.24, 2.45) is 0 Å². The molecule has 2 saturated heterocycles. The molecule has 0 radical (unpaired) electrons. The number of methoxy groups -OCH3 is 1. The van der Waals surface area contributed by atoms with Crippen molar-refractivity contribution in [1.29, 1.82) is 0 Å². The number of ether oxygens (including phenoxy) is 6. The molecule has 0 N–H and O–H groups in total. The molecule has 0 aromatic heterocycles. The van der Waals surface area contributed by atoms with Crippen LogP contribution in [0.5, 0.6) is 0 Å². The van der Waals surface area contributed by atoms with Crippen LogP contribution in [0.3, 0.4) is 0 Å². The van der Waals surface area contributed by atoms with Crippen LogP contribution >= 0.6 is 20.2 Å². The van der Waals surface area contributed by atoms with Gasteiger partial charge in [0.1, 0.15) is 12.2 Å². The first-order chi connectivity index (χ1) is 21.7. The van der Waals surface area contributed by atoms with Crippen LogP contribution in [0.15, 0.2) is 73.3 Å². The second-order valence-electron chi connectivity index (χ2n) is 9.62. The fraction of sp³-hybridized carbons (Fsp3) is 0.281. The van der Waals surface area contributed by atoms with Gasteiger partial charge in [-0.1, -0.05) is 12.1 Å². The minimum atomic E-state index is -2.18. The summed E-state index contributed by atoms with van der Waals surface area (Å²) in [5.74, 6) is -2.77. The Kier molecular flexibility index (Phi) is 12.0. The zero-order chi connectivity index (χ0) is 32.3. The first-order valence-corrected chi connectivity index (χ1v) is 18.1. The Morgan fingerprint density at radius 3 is 1.69 bits per heavy atom. The fourth-order valence-corrected chi connectivity index (χ4v) is 6.06. The van der Waals surface area contributed by atoms with Gasteiger partial charge in [0.15, 0.2) is 6.10 Å². The van der Waals surface area contributed by atoms with Crippen molar-refractivity contribution in [2.45, 2.75) is 24.4 Å². The van der Waals surface area contributed by atoms with Gasteiger partial charge >= 0.3 is 153 Å². The number of halogens is 1. The van der Waals surface area contributed by atoms with E-state index in [1.807, 2.05) is 0 Å². The second kappa shape index (κ2) is 16.1. The Balaban J connectivity index is 1.23. The quantitative estimate of drug-likeness (QED) is 0.103. The Bertz CT molecular complexity index is 1460. The van der Waals surface area contributed by atoms with Crippen LogP contribution in [0.1, 0.15) is 31.8 Å². The Hall–Kier alpha value is -4.34. The number of rotatable bonds is 12. The van der Waals surface area contributed by atoms with E-state index in [9.17, 15) is 24.0 Å². The van der Waals surface area contributed by atoms with Crippen LogP contribution < -0.4 is 0 Å². The summed E-state index contributed by atoms with van der Waals surface area (Å²) in [4.78, 5) is 61.7. The van der Waals surface area contributed by atoms with E-state index in [-0.39, 0.29) is 23.4 Å². The van der Waals surface area contributed by atoms with Crippen molar-refractivity contribution < 1.29 is 55.5 Å². The molecule has 0 bridgehead atoms. The van der Waals surface area contributed by atoms with Crippen LogP contribution in [-0.2, 0) is 45.9 Å². The predicted molar refractivity (Wildman–Crippen MR) is 168 cm³/mol. The standard InChI is InChI=1S/C32H31IO12/c1-4-26(34)45-33(2)19-42-28(36)16-10-21-7-13-23(14-8-21)32(38)44-25-18-41-29-24(17-40-30(25)29)43-31(37)22-11-5-20(6-12-22)9-15-27(35)39-3/h4-16,24-25,29-30H,1,17-19H2,2-3H3/b15-9+,16-10+/t24-,25+,29-,30-/m1/s1. The van der Waals surface area contributed by atoms with Crippen LogP contribution in [-0.4, -0.2) is 84.1 Å². The molecule has 13 heteroatoms. The van der Waals surface area contributed by atoms with E-state index in [0.717, 1.165) is 6.08 Å². The van der Waals surface area contributed by atoms with Crippen molar-refractivity contribution in [2.75, 3.05) is 29.9 Å². The molecule has 45 heavy (non-hydrogen) atoms. The first kappa shape index (κ1) is 33.6. The molecule has 0 amide bonds. The van der Waals surface area contributed by atoms with Gasteiger partial charge < -0.3 is 18.9 Å². The predicted octanol–water partition coefficient (Wildman–Crippen LogP) is 3.72.